The molecular weight excluding hydrogens is 250 g/mol. The van der Waals surface area contributed by atoms with E-state index in [4.69, 9.17) is 9.47 Å². The molecule has 0 saturated heterocycles. The third-order valence-electron chi connectivity index (χ3n) is 3.91. The van der Waals surface area contributed by atoms with Gasteiger partial charge < -0.3 is 14.8 Å². The van der Waals surface area contributed by atoms with Gasteiger partial charge in [-0.2, -0.15) is 0 Å². The number of ether oxygens (including phenoxy) is 2. The first-order chi connectivity index (χ1) is 9.65. The molecule has 0 heterocycles. The molecule has 0 amide bonds. The van der Waals surface area contributed by atoms with Crippen molar-refractivity contribution in [2.75, 3.05) is 13.7 Å². The average molecular weight is 279 g/mol. The fraction of sp³-hybridized carbons (Fsp3) is 0.647. The highest BCUT2D eigenvalue weighted by Crippen LogP contribution is 2.28. The lowest BCUT2D eigenvalue weighted by Gasteiger charge is -2.22. The molecule has 3 nitrogen and oxygen atoms in total. The molecule has 0 aliphatic rings. The molecule has 0 saturated carbocycles. The van der Waals surface area contributed by atoms with E-state index in [9.17, 15) is 0 Å². The molecule has 0 aliphatic carbocycles. The molecule has 20 heavy (non-hydrogen) atoms. The zero-order chi connectivity index (χ0) is 15.0. The summed E-state index contributed by atoms with van der Waals surface area (Å²) in [5.41, 5.74) is 1.23. The van der Waals surface area contributed by atoms with Gasteiger partial charge in [-0.3, -0.25) is 0 Å². The molecule has 1 atom stereocenters. The van der Waals surface area contributed by atoms with Crippen LogP contribution in [0.3, 0.4) is 0 Å². The van der Waals surface area contributed by atoms with Crippen LogP contribution in [0.15, 0.2) is 18.2 Å². The van der Waals surface area contributed by atoms with E-state index in [0.717, 1.165) is 24.0 Å². The molecule has 1 aromatic carbocycles. The van der Waals surface area contributed by atoms with Gasteiger partial charge in [0.25, 0.3) is 0 Å². The Morgan fingerprint density at radius 2 is 1.80 bits per heavy atom. The van der Waals surface area contributed by atoms with Crippen molar-refractivity contribution in [3.63, 3.8) is 0 Å². The first-order valence-electron chi connectivity index (χ1n) is 7.69. The van der Waals surface area contributed by atoms with Crippen LogP contribution < -0.4 is 14.8 Å². The Labute approximate surface area is 123 Å². The quantitative estimate of drug-likeness (QED) is 0.741. The number of hydrogen-bond acceptors (Lipinski definition) is 3. The van der Waals surface area contributed by atoms with Crippen LogP contribution in [-0.2, 0) is 6.54 Å². The monoisotopic (exact) mass is 279 g/mol. The van der Waals surface area contributed by atoms with Gasteiger partial charge in [0, 0.05) is 12.6 Å². The SMILES string of the molecule is CCOc1cc(CNC(C)C(CC)CC)ccc1OC. The van der Waals surface area contributed by atoms with Gasteiger partial charge in [-0.1, -0.05) is 32.8 Å². The van der Waals surface area contributed by atoms with Gasteiger partial charge in [0.1, 0.15) is 0 Å². The number of benzene rings is 1. The van der Waals surface area contributed by atoms with Gasteiger partial charge in [-0.15, -0.1) is 0 Å². The molecule has 1 unspecified atom stereocenters. The fourth-order valence-corrected chi connectivity index (χ4v) is 2.54. The Morgan fingerprint density at radius 1 is 1.10 bits per heavy atom. The third-order valence-corrected chi connectivity index (χ3v) is 3.91. The zero-order valence-corrected chi connectivity index (χ0v) is 13.5. The molecule has 1 rings (SSSR count). The van der Waals surface area contributed by atoms with E-state index in [-0.39, 0.29) is 0 Å². The van der Waals surface area contributed by atoms with Gasteiger partial charge in [-0.25, -0.2) is 0 Å². The summed E-state index contributed by atoms with van der Waals surface area (Å²) in [4.78, 5) is 0. The second-order valence-electron chi connectivity index (χ2n) is 5.16. The Balaban J connectivity index is 2.66. The van der Waals surface area contributed by atoms with Gasteiger partial charge in [0.15, 0.2) is 11.5 Å². The fourth-order valence-electron chi connectivity index (χ4n) is 2.54. The lowest BCUT2D eigenvalue weighted by Crippen LogP contribution is -2.32. The van der Waals surface area contributed by atoms with E-state index in [2.05, 4.69) is 38.2 Å². The maximum Gasteiger partial charge on any atom is 0.161 e. The van der Waals surface area contributed by atoms with Crippen LogP contribution in [0.25, 0.3) is 0 Å². The molecule has 3 heteroatoms. The average Bonchev–Trinajstić information content (AvgIpc) is 2.47. The molecule has 114 valence electrons. The Kier molecular flexibility index (Phi) is 7.45. The van der Waals surface area contributed by atoms with Crippen LogP contribution in [0.4, 0.5) is 0 Å². The van der Waals surface area contributed by atoms with E-state index in [1.54, 1.807) is 7.11 Å². The lowest BCUT2D eigenvalue weighted by molar-refractivity contribution is 0.310. The highest BCUT2D eigenvalue weighted by atomic mass is 16.5. The van der Waals surface area contributed by atoms with E-state index < -0.39 is 0 Å². The summed E-state index contributed by atoms with van der Waals surface area (Å²) >= 11 is 0. The Bertz CT molecular complexity index is 389. The largest absolute Gasteiger partial charge is 0.493 e. The predicted octanol–water partition coefficient (Wildman–Crippen LogP) is 4.01. The first kappa shape index (κ1) is 16.8. The maximum absolute atomic E-state index is 5.61. The van der Waals surface area contributed by atoms with Crippen molar-refractivity contribution in [1.82, 2.24) is 5.32 Å². The topological polar surface area (TPSA) is 30.5 Å². The lowest BCUT2D eigenvalue weighted by atomic mass is 9.95. The molecule has 0 spiro atoms. The number of methoxy groups -OCH3 is 1. The summed E-state index contributed by atoms with van der Waals surface area (Å²) in [7, 11) is 1.67. The van der Waals surface area contributed by atoms with Crippen molar-refractivity contribution in [1.29, 1.82) is 0 Å². The van der Waals surface area contributed by atoms with Gasteiger partial charge >= 0.3 is 0 Å². The highest BCUT2D eigenvalue weighted by molar-refractivity contribution is 5.42. The standard InChI is InChI=1S/C17H29NO2/c1-6-15(7-2)13(4)18-12-14-9-10-16(19-5)17(11-14)20-8-3/h9-11,13,15,18H,6-8,12H2,1-5H3. The number of hydrogen-bond donors (Lipinski definition) is 1. The number of nitrogens with one attached hydrogen (secondary N) is 1. The highest BCUT2D eigenvalue weighted by Gasteiger charge is 2.13. The van der Waals surface area contributed by atoms with Crippen LogP contribution in [0.2, 0.25) is 0 Å². The van der Waals surface area contributed by atoms with Crippen LogP contribution in [0.1, 0.15) is 46.1 Å². The smallest absolute Gasteiger partial charge is 0.161 e. The summed E-state index contributed by atoms with van der Waals surface area (Å²) in [6.45, 7) is 10.3. The molecule has 0 bridgehead atoms. The van der Waals surface area contributed by atoms with Crippen LogP contribution in [0.5, 0.6) is 11.5 Å². The summed E-state index contributed by atoms with van der Waals surface area (Å²) in [6, 6.07) is 6.66. The molecule has 0 fully saturated rings. The summed E-state index contributed by atoms with van der Waals surface area (Å²) in [5.74, 6) is 2.35. The van der Waals surface area contributed by atoms with Crippen molar-refractivity contribution in [3.05, 3.63) is 23.8 Å². The van der Waals surface area contributed by atoms with Crippen LogP contribution >= 0.6 is 0 Å². The minimum atomic E-state index is 0.530. The normalized spacial score (nSPS) is 12.5. The molecule has 1 N–H and O–H groups in total. The molecule has 0 aromatic heterocycles. The maximum atomic E-state index is 5.61. The number of rotatable bonds is 9. The third kappa shape index (κ3) is 4.71. The van der Waals surface area contributed by atoms with Crippen molar-refractivity contribution in [2.45, 2.75) is 53.1 Å². The van der Waals surface area contributed by atoms with E-state index in [0.29, 0.717) is 12.6 Å². The summed E-state index contributed by atoms with van der Waals surface area (Å²) < 4.78 is 10.9. The predicted molar refractivity (Wildman–Crippen MR) is 84.5 cm³/mol. The molecule has 0 radical (unpaired) electrons. The minimum absolute atomic E-state index is 0.530. The second-order valence-corrected chi connectivity index (χ2v) is 5.16. The summed E-state index contributed by atoms with van der Waals surface area (Å²) in [5, 5.41) is 3.61. The molecular formula is C17H29NO2. The van der Waals surface area contributed by atoms with Crippen LogP contribution in [-0.4, -0.2) is 19.8 Å². The zero-order valence-electron chi connectivity index (χ0n) is 13.5. The second kappa shape index (κ2) is 8.85. The van der Waals surface area contributed by atoms with Crippen molar-refractivity contribution >= 4 is 0 Å². The summed E-state index contributed by atoms with van der Waals surface area (Å²) in [6.07, 6.45) is 2.44. The minimum Gasteiger partial charge on any atom is -0.493 e. The van der Waals surface area contributed by atoms with Crippen molar-refractivity contribution < 1.29 is 9.47 Å². The Morgan fingerprint density at radius 3 is 2.35 bits per heavy atom. The molecule has 1 aromatic rings. The van der Waals surface area contributed by atoms with E-state index in [1.165, 1.54) is 18.4 Å². The van der Waals surface area contributed by atoms with Crippen molar-refractivity contribution in [2.24, 2.45) is 5.92 Å². The van der Waals surface area contributed by atoms with E-state index in [1.807, 2.05) is 13.0 Å². The molecule has 0 aliphatic heterocycles. The van der Waals surface area contributed by atoms with Crippen LogP contribution in [0, 0.1) is 5.92 Å². The van der Waals surface area contributed by atoms with Gasteiger partial charge in [0.05, 0.1) is 13.7 Å². The first-order valence-corrected chi connectivity index (χ1v) is 7.69. The van der Waals surface area contributed by atoms with Crippen molar-refractivity contribution in [3.8, 4) is 11.5 Å². The van der Waals surface area contributed by atoms with E-state index >= 15 is 0 Å². The Hall–Kier alpha value is -1.22. The van der Waals surface area contributed by atoms with Gasteiger partial charge in [0.2, 0.25) is 0 Å². The van der Waals surface area contributed by atoms with Gasteiger partial charge in [-0.05, 0) is 37.5 Å².